The molecular weight excluding hydrogens is 351 g/mol. The average Bonchev–Trinajstić information content (AvgIpc) is 3.20. The minimum absolute atomic E-state index is 0.0101. The Labute approximate surface area is 148 Å². The van der Waals surface area contributed by atoms with E-state index in [0.29, 0.717) is 34.6 Å². The molecule has 1 amide bonds. The Morgan fingerprint density at radius 2 is 2.12 bits per heavy atom. The highest BCUT2D eigenvalue weighted by molar-refractivity contribution is 6.42. The molecular formula is C16H14Cl2N4O2. The van der Waals surface area contributed by atoms with Crippen molar-refractivity contribution in [2.24, 2.45) is 0 Å². The summed E-state index contributed by atoms with van der Waals surface area (Å²) in [4.78, 5) is 23.3. The fourth-order valence-electron chi connectivity index (χ4n) is 3.25. The molecule has 0 aliphatic carbocycles. The number of hydrogen-bond donors (Lipinski definition) is 2. The van der Waals surface area contributed by atoms with Crippen LogP contribution in [0.25, 0.3) is 0 Å². The van der Waals surface area contributed by atoms with Crippen molar-refractivity contribution in [3.05, 3.63) is 51.9 Å². The molecule has 2 aliphatic rings. The summed E-state index contributed by atoms with van der Waals surface area (Å²) in [6.45, 7) is 1.27. The largest absolute Gasteiger partial charge is 0.508 e. The smallest absolute Gasteiger partial charge is 0.246 e. The number of rotatable bonds is 2. The van der Waals surface area contributed by atoms with Gasteiger partial charge in [0.25, 0.3) is 0 Å². The van der Waals surface area contributed by atoms with Crippen LogP contribution in [0.4, 0.5) is 5.95 Å². The first-order valence-electron chi connectivity index (χ1n) is 7.47. The normalized spacial score (nSPS) is 20.3. The number of hydrogen-bond acceptors (Lipinski definition) is 4. The molecule has 6 nitrogen and oxygen atoms in total. The number of anilines is 1. The first-order chi connectivity index (χ1) is 11.5. The zero-order valence-corrected chi connectivity index (χ0v) is 14.1. The van der Waals surface area contributed by atoms with Crippen LogP contribution in [0.3, 0.4) is 0 Å². The molecule has 1 saturated heterocycles. The maximum atomic E-state index is 12.5. The van der Waals surface area contributed by atoms with Crippen molar-refractivity contribution in [3.63, 3.8) is 0 Å². The molecule has 4 rings (SSSR count). The van der Waals surface area contributed by atoms with Gasteiger partial charge in [-0.1, -0.05) is 29.3 Å². The highest BCUT2D eigenvalue weighted by atomic mass is 35.5. The van der Waals surface area contributed by atoms with Crippen LogP contribution in [-0.2, 0) is 4.79 Å². The Morgan fingerprint density at radius 3 is 2.88 bits per heavy atom. The minimum atomic E-state index is -0.188. The predicted octanol–water partition coefficient (Wildman–Crippen LogP) is 2.75. The summed E-state index contributed by atoms with van der Waals surface area (Å²) in [5.74, 6) is 0.549. The molecule has 3 heterocycles. The second-order valence-electron chi connectivity index (χ2n) is 5.83. The molecule has 1 fully saturated rings. The van der Waals surface area contributed by atoms with Gasteiger partial charge in [0.1, 0.15) is 12.3 Å². The highest BCUT2D eigenvalue weighted by Gasteiger charge is 2.37. The van der Waals surface area contributed by atoms with Crippen molar-refractivity contribution in [3.8, 4) is 5.75 Å². The number of benzene rings is 1. The van der Waals surface area contributed by atoms with E-state index in [1.54, 1.807) is 23.4 Å². The summed E-state index contributed by atoms with van der Waals surface area (Å²) in [5, 5.41) is 10.9. The van der Waals surface area contributed by atoms with Gasteiger partial charge in [0, 0.05) is 36.1 Å². The number of phenols is 1. The van der Waals surface area contributed by atoms with E-state index in [4.69, 9.17) is 23.2 Å². The zero-order valence-electron chi connectivity index (χ0n) is 12.5. The first-order valence-corrected chi connectivity index (χ1v) is 8.22. The lowest BCUT2D eigenvalue weighted by atomic mass is 9.99. The van der Waals surface area contributed by atoms with Crippen molar-refractivity contribution in [1.29, 1.82) is 0 Å². The van der Waals surface area contributed by atoms with Crippen LogP contribution >= 0.6 is 23.2 Å². The molecule has 2 N–H and O–H groups in total. The minimum Gasteiger partial charge on any atom is -0.508 e. The monoisotopic (exact) mass is 364 g/mol. The van der Waals surface area contributed by atoms with Crippen molar-refractivity contribution >= 4 is 35.1 Å². The number of H-pyrrole nitrogens is 1. The maximum Gasteiger partial charge on any atom is 0.246 e. The van der Waals surface area contributed by atoms with E-state index in [0.717, 1.165) is 5.70 Å². The number of piperazine rings is 1. The lowest BCUT2D eigenvalue weighted by Crippen LogP contribution is -2.48. The van der Waals surface area contributed by atoms with Crippen molar-refractivity contribution in [2.45, 2.75) is 5.92 Å². The molecule has 124 valence electrons. The van der Waals surface area contributed by atoms with E-state index in [9.17, 15) is 9.90 Å². The quantitative estimate of drug-likeness (QED) is 0.859. The van der Waals surface area contributed by atoms with E-state index >= 15 is 0 Å². The van der Waals surface area contributed by atoms with E-state index in [1.807, 2.05) is 11.0 Å². The standard InChI is InChI=1S/C16H14Cl2N4O2/c17-11-1-2-12(23)14(15(11)18)9-5-10-7-21(16-19-3-4-20-16)8-13(24)22(10)6-9/h1-5,9,23H,6-8H2,(H,19,20)/t9-/m0/s1. The number of imidazole rings is 1. The second kappa shape index (κ2) is 5.72. The summed E-state index contributed by atoms with van der Waals surface area (Å²) in [7, 11) is 0. The summed E-state index contributed by atoms with van der Waals surface area (Å²) < 4.78 is 0. The van der Waals surface area contributed by atoms with Gasteiger partial charge in [0.2, 0.25) is 11.9 Å². The molecule has 1 atom stereocenters. The maximum absolute atomic E-state index is 12.5. The number of halogens is 2. The van der Waals surface area contributed by atoms with Crippen LogP contribution in [0.15, 0.2) is 36.3 Å². The van der Waals surface area contributed by atoms with Crippen LogP contribution in [0.2, 0.25) is 10.0 Å². The van der Waals surface area contributed by atoms with Crippen LogP contribution in [0.1, 0.15) is 11.5 Å². The summed E-state index contributed by atoms with van der Waals surface area (Å²) >= 11 is 12.3. The molecule has 8 heteroatoms. The van der Waals surface area contributed by atoms with Crippen LogP contribution < -0.4 is 4.90 Å². The van der Waals surface area contributed by atoms with Gasteiger partial charge in [-0.2, -0.15) is 0 Å². The van der Waals surface area contributed by atoms with Gasteiger partial charge in [0.15, 0.2) is 0 Å². The molecule has 0 spiro atoms. The lowest BCUT2D eigenvalue weighted by molar-refractivity contribution is -0.128. The number of fused-ring (bicyclic) bond motifs is 1. The molecule has 2 aromatic rings. The number of phenolic OH excluding ortho intramolecular Hbond substituents is 1. The fraction of sp³-hybridized carbons (Fsp3) is 0.250. The SMILES string of the molecule is O=C1CN(c2ncc[nH]2)CC2=C[C@H](c3c(O)ccc(Cl)c3Cl)CN12. The summed E-state index contributed by atoms with van der Waals surface area (Å²) in [6, 6.07) is 3.08. The average molecular weight is 365 g/mol. The third-order valence-electron chi connectivity index (χ3n) is 4.36. The number of amides is 1. The van der Waals surface area contributed by atoms with Crippen LogP contribution in [0, 0.1) is 0 Å². The molecule has 24 heavy (non-hydrogen) atoms. The Bertz CT molecular complexity index is 835. The van der Waals surface area contributed by atoms with Gasteiger partial charge in [-0.3, -0.25) is 4.79 Å². The van der Waals surface area contributed by atoms with Gasteiger partial charge < -0.3 is 19.9 Å². The Hall–Kier alpha value is -2.18. The topological polar surface area (TPSA) is 72.5 Å². The third-order valence-corrected chi connectivity index (χ3v) is 5.18. The second-order valence-corrected chi connectivity index (χ2v) is 6.62. The van der Waals surface area contributed by atoms with E-state index in [2.05, 4.69) is 9.97 Å². The first kappa shape index (κ1) is 15.4. The molecule has 0 unspecified atom stereocenters. The van der Waals surface area contributed by atoms with Gasteiger partial charge >= 0.3 is 0 Å². The van der Waals surface area contributed by atoms with E-state index < -0.39 is 0 Å². The summed E-state index contributed by atoms with van der Waals surface area (Å²) in [5.41, 5.74) is 1.44. The molecule has 0 bridgehead atoms. The summed E-state index contributed by atoms with van der Waals surface area (Å²) in [6.07, 6.45) is 5.34. The number of nitrogens with zero attached hydrogens (tertiary/aromatic N) is 3. The van der Waals surface area contributed by atoms with Gasteiger partial charge in [-0.25, -0.2) is 4.98 Å². The van der Waals surface area contributed by atoms with Crippen molar-refractivity contribution in [2.75, 3.05) is 24.5 Å². The number of nitrogens with one attached hydrogen (secondary N) is 1. The van der Waals surface area contributed by atoms with E-state index in [-0.39, 0.29) is 24.1 Å². The number of aromatic hydroxyl groups is 1. The van der Waals surface area contributed by atoms with E-state index in [1.165, 1.54) is 6.07 Å². The van der Waals surface area contributed by atoms with Crippen molar-refractivity contribution in [1.82, 2.24) is 14.9 Å². The fourth-order valence-corrected chi connectivity index (χ4v) is 3.72. The van der Waals surface area contributed by atoms with Crippen LogP contribution in [0.5, 0.6) is 5.75 Å². The van der Waals surface area contributed by atoms with Gasteiger partial charge in [-0.15, -0.1) is 0 Å². The number of aromatic amines is 1. The Kier molecular flexibility index (Phi) is 3.66. The molecule has 1 aromatic heterocycles. The van der Waals surface area contributed by atoms with Crippen molar-refractivity contribution < 1.29 is 9.90 Å². The van der Waals surface area contributed by atoms with Crippen LogP contribution in [-0.4, -0.2) is 45.5 Å². The molecule has 2 aliphatic heterocycles. The van der Waals surface area contributed by atoms with Gasteiger partial charge in [-0.05, 0) is 12.1 Å². The molecule has 1 aromatic carbocycles. The Morgan fingerprint density at radius 1 is 1.29 bits per heavy atom. The highest BCUT2D eigenvalue weighted by Crippen LogP contribution is 2.42. The Balaban J connectivity index is 1.67. The number of carbonyl (C=O) groups is 1. The third kappa shape index (κ3) is 2.42. The van der Waals surface area contributed by atoms with Gasteiger partial charge in [0.05, 0.1) is 16.6 Å². The number of aromatic nitrogens is 2. The number of carbonyl (C=O) groups excluding carboxylic acids is 1. The zero-order chi connectivity index (χ0) is 16.8. The molecule has 0 radical (unpaired) electrons. The predicted molar refractivity (Wildman–Crippen MR) is 91.5 cm³/mol. The molecule has 0 saturated carbocycles. The lowest BCUT2D eigenvalue weighted by Gasteiger charge is -2.33.